The highest BCUT2D eigenvalue weighted by molar-refractivity contribution is 7.81. The van der Waals surface area contributed by atoms with Crippen molar-refractivity contribution in [3.63, 3.8) is 0 Å². The summed E-state index contributed by atoms with van der Waals surface area (Å²) in [6, 6.07) is 0. The fourth-order valence-electron chi connectivity index (χ4n) is 0.127. The van der Waals surface area contributed by atoms with E-state index in [1.807, 2.05) is 0 Å². The Bertz CT molecular complexity index is 88.1. The summed E-state index contributed by atoms with van der Waals surface area (Å²) in [6.45, 7) is 0. The Morgan fingerprint density at radius 1 is 1.88 bits per heavy atom. The van der Waals surface area contributed by atoms with E-state index in [2.05, 4.69) is 35.2 Å². The van der Waals surface area contributed by atoms with Crippen molar-refractivity contribution in [1.29, 1.82) is 0 Å². The van der Waals surface area contributed by atoms with Gasteiger partial charge >= 0.3 is 6.09 Å². The molecule has 8 heavy (non-hydrogen) atoms. The first-order valence-corrected chi connectivity index (χ1v) is 2.53. The van der Waals surface area contributed by atoms with Crippen LogP contribution in [0.1, 0.15) is 0 Å². The molecule has 0 aromatic rings. The highest BCUT2D eigenvalue weighted by Crippen LogP contribution is 1.90. The van der Waals surface area contributed by atoms with Crippen molar-refractivity contribution in [3.05, 3.63) is 0 Å². The second-order valence-electron chi connectivity index (χ2n) is 0.882. The second kappa shape index (κ2) is 3.88. The van der Waals surface area contributed by atoms with Crippen LogP contribution in [-0.4, -0.2) is 17.6 Å². The molecule has 0 heterocycles. The van der Waals surface area contributed by atoms with E-state index in [1.165, 1.54) is 7.11 Å². The number of ether oxygens (including phenoxy) is 1. The minimum absolute atomic E-state index is 0.608. The van der Waals surface area contributed by atoms with E-state index in [-0.39, 0.29) is 0 Å². The molecule has 1 amide bonds. The fraction of sp³-hybridized carbons (Fsp3) is 0.500. The lowest BCUT2D eigenvalue weighted by molar-refractivity contribution is 0.149. The molecule has 0 unspecified atom stereocenters. The van der Waals surface area contributed by atoms with Gasteiger partial charge in [-0.05, 0) is 12.8 Å². The van der Waals surface area contributed by atoms with E-state index in [4.69, 9.17) is 0 Å². The van der Waals surface area contributed by atoms with Crippen LogP contribution in [0, 0.1) is 0 Å². The predicted octanol–water partition coefficient (Wildman–Crippen LogP) is 0.249. The lowest BCUT2D eigenvalue weighted by atomic mass is 11.2. The Morgan fingerprint density at radius 2 is 2.38 bits per heavy atom. The number of carbonyl (C=O) groups is 1. The molecule has 0 atom stereocenters. The van der Waals surface area contributed by atoms with Crippen LogP contribution in [0.5, 0.6) is 0 Å². The number of nitrogens with one attached hydrogen (secondary N) is 1. The summed E-state index contributed by atoms with van der Waals surface area (Å²) in [5.74, 6) is 0. The quantitative estimate of drug-likeness (QED) is 0.374. The largest absolute Gasteiger partial charge is 0.451 e. The second-order valence-corrected chi connectivity index (χ2v) is 1.48. The third-order valence-corrected chi connectivity index (χ3v) is 1.06. The fourth-order valence-corrected chi connectivity index (χ4v) is 0.291. The maximum absolute atomic E-state index is 10.3. The molecule has 1 N–H and O–H groups in total. The summed E-state index contributed by atoms with van der Waals surface area (Å²) in [5, 5.41) is 0. The minimum atomic E-state index is -0.608. The van der Waals surface area contributed by atoms with Crippen molar-refractivity contribution in [2.45, 2.75) is 0 Å². The summed E-state index contributed by atoms with van der Waals surface area (Å²) in [6.07, 6.45) is -0.608. The molecule has 0 radical (unpaired) electrons. The SMILES string of the molecule is COC(=O)N(S)NS. The monoisotopic (exact) mass is 154 g/mol. The maximum Gasteiger partial charge on any atom is 0.435 e. The van der Waals surface area contributed by atoms with E-state index in [1.54, 1.807) is 0 Å². The van der Waals surface area contributed by atoms with Crippen LogP contribution in [0.2, 0.25) is 0 Å². The highest BCUT2D eigenvalue weighted by atomic mass is 32.1. The first kappa shape index (κ1) is 7.93. The van der Waals surface area contributed by atoms with Gasteiger partial charge in [0.25, 0.3) is 0 Å². The molecule has 4 nitrogen and oxygen atoms in total. The summed E-state index contributed by atoms with van der Waals surface area (Å²) < 4.78 is 5.00. The predicted molar refractivity (Wildman–Crippen MR) is 35.4 cm³/mol. The lowest BCUT2D eigenvalue weighted by Crippen LogP contribution is -2.28. The van der Waals surface area contributed by atoms with Crippen LogP contribution in [0.3, 0.4) is 0 Å². The van der Waals surface area contributed by atoms with Gasteiger partial charge in [-0.3, -0.25) is 0 Å². The third kappa shape index (κ3) is 2.29. The van der Waals surface area contributed by atoms with Gasteiger partial charge in [-0.1, -0.05) is 12.8 Å². The molecule has 0 saturated carbocycles. The summed E-state index contributed by atoms with van der Waals surface area (Å²) in [4.78, 5) is 12.4. The summed E-state index contributed by atoms with van der Waals surface area (Å²) in [7, 11) is 1.25. The van der Waals surface area contributed by atoms with Crippen molar-refractivity contribution in [2.75, 3.05) is 7.11 Å². The van der Waals surface area contributed by atoms with Gasteiger partial charge < -0.3 is 4.74 Å². The molecule has 0 rings (SSSR count). The molecule has 0 spiro atoms. The molecule has 0 aromatic carbocycles. The van der Waals surface area contributed by atoms with Crippen molar-refractivity contribution >= 4 is 31.7 Å². The van der Waals surface area contributed by atoms with Gasteiger partial charge in [0.1, 0.15) is 0 Å². The lowest BCUT2D eigenvalue weighted by Gasteiger charge is -2.08. The Balaban J connectivity index is 3.46. The number of thiol groups is 2. The van der Waals surface area contributed by atoms with Gasteiger partial charge in [-0.2, -0.15) is 9.25 Å². The smallest absolute Gasteiger partial charge is 0.435 e. The normalized spacial score (nSPS) is 8.38. The average Bonchev–Trinajstić information content (AvgIpc) is 1.84. The van der Waals surface area contributed by atoms with Gasteiger partial charge in [0, 0.05) is 0 Å². The highest BCUT2D eigenvalue weighted by Gasteiger charge is 2.04. The van der Waals surface area contributed by atoms with E-state index >= 15 is 0 Å². The number of hydrogen-bond donors (Lipinski definition) is 3. The Kier molecular flexibility index (Phi) is 3.84. The van der Waals surface area contributed by atoms with Crippen molar-refractivity contribution < 1.29 is 9.53 Å². The Morgan fingerprint density at radius 3 is 2.50 bits per heavy atom. The molecular weight excluding hydrogens is 148 g/mol. The van der Waals surface area contributed by atoms with Crippen molar-refractivity contribution in [2.24, 2.45) is 0 Å². The molecule has 0 saturated heterocycles. The first-order chi connectivity index (χ1) is 3.72. The number of hydrogen-bond acceptors (Lipinski definition) is 5. The minimum Gasteiger partial charge on any atom is -0.451 e. The van der Waals surface area contributed by atoms with Crippen LogP contribution in [0.25, 0.3) is 0 Å². The number of methoxy groups -OCH3 is 1. The molecule has 0 fully saturated rings. The number of amides is 1. The van der Waals surface area contributed by atoms with Gasteiger partial charge in [-0.25, -0.2) is 4.79 Å². The zero-order chi connectivity index (χ0) is 6.57. The zero-order valence-corrected chi connectivity index (χ0v) is 5.95. The summed E-state index contributed by atoms with van der Waals surface area (Å²) >= 11 is 7.08. The molecule has 0 aliphatic rings. The summed E-state index contributed by atoms with van der Waals surface area (Å²) in [5.41, 5.74) is 0. The van der Waals surface area contributed by atoms with Gasteiger partial charge in [0.2, 0.25) is 0 Å². The van der Waals surface area contributed by atoms with Crippen molar-refractivity contribution in [1.82, 2.24) is 9.25 Å². The molecule has 48 valence electrons. The van der Waals surface area contributed by atoms with Gasteiger partial charge in [-0.15, -0.1) is 0 Å². The topological polar surface area (TPSA) is 41.6 Å². The third-order valence-electron chi connectivity index (χ3n) is 0.442. The molecule has 0 aliphatic carbocycles. The van der Waals surface area contributed by atoms with E-state index < -0.39 is 6.09 Å². The van der Waals surface area contributed by atoms with Crippen LogP contribution >= 0.6 is 25.6 Å². The average molecular weight is 154 g/mol. The van der Waals surface area contributed by atoms with Crippen LogP contribution in [-0.2, 0) is 4.74 Å². The number of nitrogens with zero attached hydrogens (tertiary/aromatic N) is 1. The maximum atomic E-state index is 10.3. The molecule has 0 aliphatic heterocycles. The van der Waals surface area contributed by atoms with E-state index in [0.717, 1.165) is 4.41 Å². The molecule has 0 aromatic heterocycles. The van der Waals surface area contributed by atoms with Gasteiger partial charge in [0.05, 0.1) is 7.11 Å². The molecular formula is C2H6N2O2S2. The van der Waals surface area contributed by atoms with E-state index in [0.29, 0.717) is 0 Å². The molecule has 0 bridgehead atoms. The Hall–Kier alpha value is -0.0700. The van der Waals surface area contributed by atoms with Crippen LogP contribution < -0.4 is 4.83 Å². The van der Waals surface area contributed by atoms with E-state index in [9.17, 15) is 4.79 Å². The Labute approximate surface area is 58.2 Å². The van der Waals surface area contributed by atoms with Crippen LogP contribution in [0.15, 0.2) is 0 Å². The first-order valence-electron chi connectivity index (χ1n) is 1.69. The van der Waals surface area contributed by atoms with Crippen LogP contribution in [0.4, 0.5) is 4.79 Å². The van der Waals surface area contributed by atoms with Crippen molar-refractivity contribution in [3.8, 4) is 0 Å². The standard InChI is InChI=1S/C2H6N2O2S2/c1-6-2(5)4(8)3-7/h3,7-8H,1H3. The zero-order valence-electron chi connectivity index (χ0n) is 4.16. The van der Waals surface area contributed by atoms with Gasteiger partial charge in [0.15, 0.2) is 0 Å². The number of carbonyl (C=O) groups excluding carboxylic acids is 1. The number of hydrazine groups is 1. The molecule has 6 heteroatoms. The number of rotatable bonds is 1.